The summed E-state index contributed by atoms with van der Waals surface area (Å²) in [6.45, 7) is 4.18. The van der Waals surface area contributed by atoms with Gasteiger partial charge in [0.15, 0.2) is 0 Å². The molecule has 126 valence electrons. The molecule has 0 saturated heterocycles. The van der Waals surface area contributed by atoms with E-state index in [9.17, 15) is 8.42 Å². The third kappa shape index (κ3) is 3.53. The maximum Gasteiger partial charge on any atom is 0.229 e. The molecule has 2 aromatic heterocycles. The van der Waals surface area contributed by atoms with Crippen molar-refractivity contribution in [3.63, 3.8) is 0 Å². The number of pyridine rings is 1. The fourth-order valence-corrected chi connectivity index (χ4v) is 4.06. The molecule has 0 aliphatic carbocycles. The monoisotopic (exact) mass is 381 g/mol. The summed E-state index contributed by atoms with van der Waals surface area (Å²) in [5, 5.41) is 3.96. The Morgan fingerprint density at radius 2 is 1.88 bits per heavy atom. The quantitative estimate of drug-likeness (QED) is 0.721. The zero-order valence-corrected chi connectivity index (χ0v) is 15.8. The first kappa shape index (κ1) is 17.1. The molecule has 0 atom stereocenters. The van der Waals surface area contributed by atoms with E-state index in [4.69, 9.17) is 11.6 Å². The average Bonchev–Trinajstić information content (AvgIpc) is 2.99. The normalized spacial score (nSPS) is 12.0. The molecule has 1 aromatic carbocycles. The fourth-order valence-electron chi connectivity index (χ4n) is 2.22. The van der Waals surface area contributed by atoms with E-state index in [0.29, 0.717) is 17.1 Å². The third-order valence-electron chi connectivity index (χ3n) is 3.43. The van der Waals surface area contributed by atoms with Crippen molar-refractivity contribution in [2.75, 3.05) is 11.0 Å². The molecule has 0 spiro atoms. The number of nitrogens with one attached hydrogen (secondary N) is 1. The van der Waals surface area contributed by atoms with Crippen LogP contribution in [0.2, 0.25) is 5.02 Å². The highest BCUT2D eigenvalue weighted by atomic mass is 35.5. The summed E-state index contributed by atoms with van der Waals surface area (Å²) in [7, 11) is -3.41. The molecule has 24 heavy (non-hydrogen) atoms. The lowest BCUT2D eigenvalue weighted by atomic mass is 10.1. The lowest BCUT2D eigenvalue weighted by Gasteiger charge is -2.09. The van der Waals surface area contributed by atoms with Gasteiger partial charge in [0.1, 0.15) is 5.01 Å². The molecule has 8 heteroatoms. The maximum absolute atomic E-state index is 11.4. The standard InChI is InChI=1S/C16H16ClN3O2S2/c1-9(2)13-8-23-16(19-13)12-7-5-10-4-6-11(20-24(3,21)22)14(17)15(10)18-12/h4-9,20H,1-3H3. The lowest BCUT2D eigenvalue weighted by molar-refractivity contribution is 0.607. The molecule has 0 amide bonds. The first-order chi connectivity index (χ1) is 11.2. The third-order valence-corrected chi connectivity index (χ3v) is 5.28. The minimum absolute atomic E-state index is 0.278. The van der Waals surface area contributed by atoms with Crippen LogP contribution >= 0.6 is 22.9 Å². The minimum Gasteiger partial charge on any atom is -0.282 e. The highest BCUT2D eigenvalue weighted by Crippen LogP contribution is 2.33. The lowest BCUT2D eigenvalue weighted by Crippen LogP contribution is -2.10. The summed E-state index contributed by atoms with van der Waals surface area (Å²) in [5.74, 6) is 0.351. The van der Waals surface area contributed by atoms with E-state index >= 15 is 0 Å². The van der Waals surface area contributed by atoms with Crippen molar-refractivity contribution in [1.29, 1.82) is 0 Å². The predicted octanol–water partition coefficient (Wildman–Crippen LogP) is 4.51. The zero-order valence-electron chi connectivity index (χ0n) is 13.4. The van der Waals surface area contributed by atoms with Crippen molar-refractivity contribution in [3.8, 4) is 10.7 Å². The van der Waals surface area contributed by atoms with Crippen LogP contribution in [0.5, 0.6) is 0 Å². The van der Waals surface area contributed by atoms with Crippen LogP contribution in [0, 0.1) is 0 Å². The van der Waals surface area contributed by atoms with Gasteiger partial charge >= 0.3 is 0 Å². The van der Waals surface area contributed by atoms with Gasteiger partial charge in [-0.05, 0) is 18.1 Å². The van der Waals surface area contributed by atoms with Gasteiger partial charge in [-0.25, -0.2) is 18.4 Å². The highest BCUT2D eigenvalue weighted by molar-refractivity contribution is 7.92. The number of hydrogen-bond acceptors (Lipinski definition) is 5. The van der Waals surface area contributed by atoms with Gasteiger partial charge in [0.05, 0.1) is 33.9 Å². The van der Waals surface area contributed by atoms with E-state index < -0.39 is 10.0 Å². The number of aromatic nitrogens is 2. The van der Waals surface area contributed by atoms with Gasteiger partial charge < -0.3 is 0 Å². The van der Waals surface area contributed by atoms with Gasteiger partial charge in [-0.1, -0.05) is 37.6 Å². The highest BCUT2D eigenvalue weighted by Gasteiger charge is 2.13. The summed E-state index contributed by atoms with van der Waals surface area (Å²) in [4.78, 5) is 9.19. The van der Waals surface area contributed by atoms with Gasteiger partial charge in [-0.2, -0.15) is 0 Å². The van der Waals surface area contributed by atoms with Gasteiger partial charge in [0, 0.05) is 10.8 Å². The Morgan fingerprint density at radius 1 is 1.17 bits per heavy atom. The molecular weight excluding hydrogens is 366 g/mol. The van der Waals surface area contributed by atoms with Crippen molar-refractivity contribution in [3.05, 3.63) is 40.4 Å². The Morgan fingerprint density at radius 3 is 2.50 bits per heavy atom. The Bertz CT molecular complexity index is 1010. The largest absolute Gasteiger partial charge is 0.282 e. The second-order valence-electron chi connectivity index (χ2n) is 5.80. The van der Waals surface area contributed by atoms with Crippen LogP contribution < -0.4 is 4.72 Å². The molecule has 2 heterocycles. The van der Waals surface area contributed by atoms with Crippen LogP contribution in [0.4, 0.5) is 5.69 Å². The molecule has 0 fully saturated rings. The Kier molecular flexibility index (Phi) is 4.50. The van der Waals surface area contributed by atoms with Crippen LogP contribution in [-0.4, -0.2) is 24.6 Å². The average molecular weight is 382 g/mol. The fraction of sp³-hybridized carbons (Fsp3) is 0.250. The van der Waals surface area contributed by atoms with Crippen molar-refractivity contribution < 1.29 is 8.42 Å². The molecule has 5 nitrogen and oxygen atoms in total. The zero-order chi connectivity index (χ0) is 17.5. The molecule has 3 aromatic rings. The topological polar surface area (TPSA) is 72.0 Å². The Balaban J connectivity index is 2.10. The van der Waals surface area contributed by atoms with Gasteiger partial charge in [0.2, 0.25) is 10.0 Å². The van der Waals surface area contributed by atoms with Crippen LogP contribution in [0.15, 0.2) is 29.6 Å². The van der Waals surface area contributed by atoms with Crippen LogP contribution in [0.1, 0.15) is 25.5 Å². The predicted molar refractivity (Wildman–Crippen MR) is 100 cm³/mol. The molecule has 0 radical (unpaired) electrons. The smallest absolute Gasteiger partial charge is 0.229 e. The molecule has 0 bridgehead atoms. The van der Waals surface area contributed by atoms with Crippen molar-refractivity contribution in [2.24, 2.45) is 0 Å². The summed E-state index contributed by atoms with van der Waals surface area (Å²) in [5.41, 5.74) is 2.61. The summed E-state index contributed by atoms with van der Waals surface area (Å²) < 4.78 is 25.3. The van der Waals surface area contributed by atoms with Crippen molar-refractivity contribution in [2.45, 2.75) is 19.8 Å². The second-order valence-corrected chi connectivity index (χ2v) is 8.79. The van der Waals surface area contributed by atoms with E-state index in [1.54, 1.807) is 12.1 Å². The number of thiazole rings is 1. The summed E-state index contributed by atoms with van der Waals surface area (Å²) in [6, 6.07) is 7.22. The second kappa shape index (κ2) is 6.31. The van der Waals surface area contributed by atoms with E-state index in [2.05, 4.69) is 28.5 Å². The van der Waals surface area contributed by atoms with Gasteiger partial charge in [-0.3, -0.25) is 4.72 Å². The molecule has 0 saturated carbocycles. The Labute approximate surface area is 149 Å². The van der Waals surface area contributed by atoms with Crippen molar-refractivity contribution in [1.82, 2.24) is 9.97 Å². The van der Waals surface area contributed by atoms with E-state index in [1.807, 2.05) is 17.5 Å². The van der Waals surface area contributed by atoms with Gasteiger partial charge in [0.25, 0.3) is 0 Å². The number of benzene rings is 1. The number of halogens is 1. The number of anilines is 1. The SMILES string of the molecule is CC(C)c1csc(-c2ccc3ccc(NS(C)(=O)=O)c(Cl)c3n2)n1. The van der Waals surface area contributed by atoms with Crippen LogP contribution in [0.25, 0.3) is 21.6 Å². The first-order valence-electron chi connectivity index (χ1n) is 7.27. The number of rotatable bonds is 4. The Hall–Kier alpha value is -1.70. The first-order valence-corrected chi connectivity index (χ1v) is 10.4. The van der Waals surface area contributed by atoms with E-state index in [-0.39, 0.29) is 5.02 Å². The molecular formula is C16H16ClN3O2S2. The van der Waals surface area contributed by atoms with Crippen LogP contribution in [-0.2, 0) is 10.0 Å². The molecule has 1 N–H and O–H groups in total. The number of hydrogen-bond donors (Lipinski definition) is 1. The van der Waals surface area contributed by atoms with Crippen LogP contribution in [0.3, 0.4) is 0 Å². The minimum atomic E-state index is -3.41. The molecule has 0 aliphatic heterocycles. The van der Waals surface area contributed by atoms with Gasteiger partial charge in [-0.15, -0.1) is 11.3 Å². The van der Waals surface area contributed by atoms with E-state index in [0.717, 1.165) is 28.0 Å². The van der Waals surface area contributed by atoms with E-state index in [1.165, 1.54) is 11.3 Å². The number of nitrogens with zero attached hydrogens (tertiary/aromatic N) is 2. The number of sulfonamides is 1. The summed E-state index contributed by atoms with van der Waals surface area (Å²) >= 11 is 7.89. The summed E-state index contributed by atoms with van der Waals surface area (Å²) in [6.07, 6.45) is 1.08. The molecule has 0 unspecified atom stereocenters. The molecule has 0 aliphatic rings. The number of fused-ring (bicyclic) bond motifs is 1. The maximum atomic E-state index is 11.4. The van der Waals surface area contributed by atoms with Crippen molar-refractivity contribution >= 4 is 49.6 Å². The molecule has 3 rings (SSSR count).